The SMILES string of the molecule is CCS(=O)(=O)Nc1cc(N2NC3CCCCN3C2=O)c(F)cc1C(N)=S. The quantitative estimate of drug-likeness (QED) is 0.645. The predicted octanol–water partition coefficient (Wildman–Crippen LogP) is 1.48. The third kappa shape index (κ3) is 3.46. The molecule has 142 valence electrons. The summed E-state index contributed by atoms with van der Waals surface area (Å²) in [6, 6.07) is 1.90. The Morgan fingerprint density at radius 1 is 1.46 bits per heavy atom. The van der Waals surface area contributed by atoms with Gasteiger partial charge < -0.3 is 10.6 Å². The molecule has 2 fully saturated rings. The molecule has 2 aliphatic heterocycles. The number of halogens is 1. The molecule has 0 saturated carbocycles. The van der Waals surface area contributed by atoms with Gasteiger partial charge in [-0.2, -0.15) is 0 Å². The number of carbonyl (C=O) groups is 1. The van der Waals surface area contributed by atoms with Crippen LogP contribution in [-0.2, 0) is 10.0 Å². The lowest BCUT2D eigenvalue weighted by Crippen LogP contribution is -2.40. The molecule has 1 atom stereocenters. The van der Waals surface area contributed by atoms with Crippen molar-refractivity contribution < 1.29 is 17.6 Å². The molecule has 0 radical (unpaired) electrons. The van der Waals surface area contributed by atoms with E-state index in [4.69, 9.17) is 18.0 Å². The van der Waals surface area contributed by atoms with Crippen molar-refractivity contribution in [3.8, 4) is 0 Å². The minimum atomic E-state index is -3.64. The predicted molar refractivity (Wildman–Crippen MR) is 101 cm³/mol. The van der Waals surface area contributed by atoms with Crippen LogP contribution in [0.5, 0.6) is 0 Å². The maximum atomic E-state index is 14.7. The molecule has 4 N–H and O–H groups in total. The maximum Gasteiger partial charge on any atom is 0.340 e. The van der Waals surface area contributed by atoms with Gasteiger partial charge in [0.1, 0.15) is 22.7 Å². The Bertz CT molecular complexity index is 861. The standard InChI is InChI=1S/C15H20FN5O3S2/c1-2-26(23,24)19-11-8-12(10(16)7-9(11)14(17)25)21-15(22)20-6-4-3-5-13(20)18-21/h7-8,13,18-19H,2-6H2,1H3,(H2,17,25). The summed E-state index contributed by atoms with van der Waals surface area (Å²) in [6.45, 7) is 2.06. The van der Waals surface area contributed by atoms with Crippen LogP contribution < -0.4 is 20.9 Å². The number of nitrogens with zero attached hydrogens (tertiary/aromatic N) is 2. The molecule has 0 aromatic heterocycles. The van der Waals surface area contributed by atoms with E-state index in [1.165, 1.54) is 13.0 Å². The molecule has 3 rings (SSSR count). The zero-order valence-electron chi connectivity index (χ0n) is 14.2. The van der Waals surface area contributed by atoms with Crippen LogP contribution in [0.2, 0.25) is 0 Å². The molecule has 1 unspecified atom stereocenters. The minimum Gasteiger partial charge on any atom is -0.389 e. The van der Waals surface area contributed by atoms with Crippen LogP contribution >= 0.6 is 12.2 Å². The van der Waals surface area contributed by atoms with Gasteiger partial charge in [0.15, 0.2) is 0 Å². The maximum absolute atomic E-state index is 14.7. The monoisotopic (exact) mass is 401 g/mol. The smallest absolute Gasteiger partial charge is 0.340 e. The number of piperidine rings is 1. The van der Waals surface area contributed by atoms with Gasteiger partial charge in [0.2, 0.25) is 10.0 Å². The molecule has 1 aromatic rings. The molecule has 26 heavy (non-hydrogen) atoms. The van der Waals surface area contributed by atoms with Crippen molar-refractivity contribution in [2.75, 3.05) is 22.0 Å². The lowest BCUT2D eigenvalue weighted by molar-refractivity contribution is 0.179. The second-order valence-electron chi connectivity index (χ2n) is 6.17. The van der Waals surface area contributed by atoms with Crippen LogP contribution in [0.1, 0.15) is 31.7 Å². The Morgan fingerprint density at radius 3 is 2.81 bits per heavy atom. The number of nitrogens with one attached hydrogen (secondary N) is 2. The molecule has 2 amide bonds. The van der Waals surface area contributed by atoms with E-state index >= 15 is 0 Å². The minimum absolute atomic E-state index is 0.0372. The highest BCUT2D eigenvalue weighted by Gasteiger charge is 2.40. The molecule has 0 spiro atoms. The number of benzene rings is 1. The Hall–Kier alpha value is -1.98. The first-order valence-electron chi connectivity index (χ1n) is 8.24. The zero-order chi connectivity index (χ0) is 19.1. The Morgan fingerprint density at radius 2 is 2.19 bits per heavy atom. The van der Waals surface area contributed by atoms with E-state index in [0.717, 1.165) is 30.3 Å². The number of urea groups is 1. The van der Waals surface area contributed by atoms with E-state index < -0.39 is 15.8 Å². The summed E-state index contributed by atoms with van der Waals surface area (Å²) in [5, 5.41) is 1.11. The topological polar surface area (TPSA) is 108 Å². The lowest BCUT2D eigenvalue weighted by atomic mass is 10.1. The number of sulfonamides is 1. The molecule has 0 aliphatic carbocycles. The van der Waals surface area contributed by atoms with Gasteiger partial charge in [0.25, 0.3) is 0 Å². The summed E-state index contributed by atoms with van der Waals surface area (Å²) in [5.74, 6) is -0.902. The van der Waals surface area contributed by atoms with E-state index in [9.17, 15) is 17.6 Å². The normalized spacial score (nSPS) is 20.2. The molecular formula is C15H20FN5O3S2. The first-order valence-corrected chi connectivity index (χ1v) is 10.3. The van der Waals surface area contributed by atoms with Crippen LogP contribution in [0.25, 0.3) is 0 Å². The number of amides is 2. The summed E-state index contributed by atoms with van der Waals surface area (Å²) in [5.41, 5.74) is 8.59. The fourth-order valence-corrected chi connectivity index (χ4v) is 3.88. The van der Waals surface area contributed by atoms with Crippen LogP contribution in [-0.4, -0.2) is 42.8 Å². The largest absolute Gasteiger partial charge is 0.389 e. The number of thiocarbonyl (C=S) groups is 1. The summed E-state index contributed by atoms with van der Waals surface area (Å²) in [6.07, 6.45) is 2.44. The zero-order valence-corrected chi connectivity index (χ0v) is 15.8. The fraction of sp³-hybridized carbons (Fsp3) is 0.467. The number of carbonyl (C=O) groups excluding carboxylic acids is 1. The highest BCUT2D eigenvalue weighted by Crippen LogP contribution is 2.32. The Balaban J connectivity index is 2.02. The van der Waals surface area contributed by atoms with E-state index in [2.05, 4.69) is 10.1 Å². The van der Waals surface area contributed by atoms with Gasteiger partial charge in [0, 0.05) is 12.1 Å². The number of hydrazine groups is 1. The molecule has 0 bridgehead atoms. The average molecular weight is 401 g/mol. The Labute approximate surface area is 156 Å². The van der Waals surface area contributed by atoms with E-state index in [1.54, 1.807) is 4.90 Å². The lowest BCUT2D eigenvalue weighted by Gasteiger charge is -2.26. The summed E-state index contributed by atoms with van der Waals surface area (Å²) >= 11 is 4.89. The molecule has 2 saturated heterocycles. The summed E-state index contributed by atoms with van der Waals surface area (Å²) in [4.78, 5) is 14.1. The van der Waals surface area contributed by atoms with Crippen molar-refractivity contribution >= 4 is 44.6 Å². The molecule has 11 heteroatoms. The van der Waals surface area contributed by atoms with Crippen LogP contribution in [0, 0.1) is 5.82 Å². The first-order chi connectivity index (χ1) is 12.2. The first kappa shape index (κ1) is 18.8. The number of rotatable bonds is 5. The molecular weight excluding hydrogens is 381 g/mol. The number of fused-ring (bicyclic) bond motifs is 1. The average Bonchev–Trinajstić information content (AvgIpc) is 2.93. The molecule has 2 aliphatic rings. The number of anilines is 2. The third-order valence-corrected chi connectivity index (χ3v) is 5.97. The molecule has 8 nitrogen and oxygen atoms in total. The third-order valence-electron chi connectivity index (χ3n) is 4.46. The van der Waals surface area contributed by atoms with Crippen molar-refractivity contribution in [3.63, 3.8) is 0 Å². The van der Waals surface area contributed by atoms with E-state index in [-0.39, 0.29) is 39.9 Å². The second kappa shape index (κ2) is 6.97. The van der Waals surface area contributed by atoms with Gasteiger partial charge in [0.05, 0.1) is 11.4 Å². The van der Waals surface area contributed by atoms with Crippen molar-refractivity contribution in [3.05, 3.63) is 23.5 Å². The van der Waals surface area contributed by atoms with Crippen LogP contribution in [0.4, 0.5) is 20.6 Å². The van der Waals surface area contributed by atoms with Gasteiger partial charge in [-0.05, 0) is 38.3 Å². The number of nitrogens with two attached hydrogens (primary N) is 1. The highest BCUT2D eigenvalue weighted by molar-refractivity contribution is 7.92. The van der Waals surface area contributed by atoms with Gasteiger partial charge >= 0.3 is 6.03 Å². The highest BCUT2D eigenvalue weighted by atomic mass is 32.2. The number of hydrogen-bond acceptors (Lipinski definition) is 5. The van der Waals surface area contributed by atoms with Crippen molar-refractivity contribution in [1.29, 1.82) is 0 Å². The fourth-order valence-electron chi connectivity index (χ4n) is 3.06. The van der Waals surface area contributed by atoms with Crippen LogP contribution in [0.3, 0.4) is 0 Å². The van der Waals surface area contributed by atoms with Gasteiger partial charge in [-0.15, -0.1) is 0 Å². The number of hydrogen-bond donors (Lipinski definition) is 3. The summed E-state index contributed by atoms with van der Waals surface area (Å²) < 4.78 is 40.9. The van der Waals surface area contributed by atoms with E-state index in [0.29, 0.717) is 6.54 Å². The van der Waals surface area contributed by atoms with E-state index in [1.807, 2.05) is 0 Å². The van der Waals surface area contributed by atoms with Crippen molar-refractivity contribution in [2.24, 2.45) is 5.73 Å². The Kier molecular flexibility index (Phi) is 5.04. The molecule has 1 aromatic carbocycles. The molecule has 2 heterocycles. The van der Waals surface area contributed by atoms with Crippen molar-refractivity contribution in [2.45, 2.75) is 32.4 Å². The van der Waals surface area contributed by atoms with Crippen molar-refractivity contribution in [1.82, 2.24) is 10.3 Å². The van der Waals surface area contributed by atoms with Gasteiger partial charge in [-0.25, -0.2) is 28.0 Å². The second-order valence-corrected chi connectivity index (χ2v) is 8.62. The van der Waals surface area contributed by atoms with Crippen LogP contribution in [0.15, 0.2) is 12.1 Å². The van der Waals surface area contributed by atoms with Gasteiger partial charge in [-0.3, -0.25) is 4.72 Å². The van der Waals surface area contributed by atoms with Gasteiger partial charge in [-0.1, -0.05) is 12.2 Å². The summed E-state index contributed by atoms with van der Waals surface area (Å²) in [7, 11) is -3.64.